The number of carbonyl (C=O) groups is 1. The summed E-state index contributed by atoms with van der Waals surface area (Å²) in [6.45, 7) is 5.34. The Labute approximate surface area is 193 Å². The minimum atomic E-state index is -3.61. The molecule has 2 heterocycles. The van der Waals surface area contributed by atoms with Crippen molar-refractivity contribution in [1.82, 2.24) is 19.4 Å². The molecule has 1 aliphatic heterocycles. The van der Waals surface area contributed by atoms with Crippen LogP contribution in [0.4, 0.5) is 0 Å². The lowest BCUT2D eigenvalue weighted by molar-refractivity contribution is 0.0670. The van der Waals surface area contributed by atoms with Crippen LogP contribution in [0.5, 0.6) is 0 Å². The van der Waals surface area contributed by atoms with Crippen molar-refractivity contribution in [2.45, 2.75) is 38.1 Å². The molecule has 1 atom stereocenters. The standard InChI is InChI=1S/C24H28N4O4S/c1-3-28-23(29)21-9-5-4-8-20(21)22(26-28)24(30)27-14-6-7-18(16-27)15-25-33(31,32)19-12-10-17(2)11-13-19/h4-5,8-13,18,25H,3,6-7,14-16H2,1-2H3. The van der Waals surface area contributed by atoms with Gasteiger partial charge in [-0.2, -0.15) is 5.10 Å². The summed E-state index contributed by atoms with van der Waals surface area (Å²) in [5.74, 6) is -0.245. The molecule has 1 aromatic heterocycles. The number of hydrogen-bond acceptors (Lipinski definition) is 5. The van der Waals surface area contributed by atoms with Crippen LogP contribution in [-0.2, 0) is 16.6 Å². The van der Waals surface area contributed by atoms with Crippen molar-refractivity contribution in [3.8, 4) is 0 Å². The SMILES string of the molecule is CCn1nc(C(=O)N2CCCC(CNS(=O)(=O)c3ccc(C)cc3)C2)c2ccccc2c1=O. The zero-order valence-electron chi connectivity index (χ0n) is 18.8. The van der Waals surface area contributed by atoms with E-state index in [0.717, 1.165) is 18.4 Å². The first-order chi connectivity index (χ1) is 15.8. The highest BCUT2D eigenvalue weighted by atomic mass is 32.2. The number of aromatic nitrogens is 2. The van der Waals surface area contributed by atoms with E-state index >= 15 is 0 Å². The molecule has 1 unspecified atom stereocenters. The minimum absolute atomic E-state index is 0.00809. The molecule has 9 heteroatoms. The number of amides is 1. The zero-order valence-corrected chi connectivity index (χ0v) is 19.6. The highest BCUT2D eigenvalue weighted by Crippen LogP contribution is 2.21. The molecule has 0 radical (unpaired) electrons. The van der Waals surface area contributed by atoms with Crippen molar-refractivity contribution in [1.29, 1.82) is 0 Å². The van der Waals surface area contributed by atoms with Crippen molar-refractivity contribution in [3.05, 3.63) is 70.1 Å². The third-order valence-electron chi connectivity index (χ3n) is 6.07. The number of rotatable bonds is 6. The average molecular weight is 469 g/mol. The third-order valence-corrected chi connectivity index (χ3v) is 7.51. The fraction of sp³-hybridized carbons (Fsp3) is 0.375. The lowest BCUT2D eigenvalue weighted by Gasteiger charge is -2.32. The van der Waals surface area contributed by atoms with E-state index < -0.39 is 10.0 Å². The van der Waals surface area contributed by atoms with Gasteiger partial charge in [-0.15, -0.1) is 0 Å². The van der Waals surface area contributed by atoms with Crippen LogP contribution in [-0.4, -0.2) is 48.6 Å². The molecule has 3 aromatic rings. The Hall–Kier alpha value is -3.04. The van der Waals surface area contributed by atoms with Crippen molar-refractivity contribution < 1.29 is 13.2 Å². The number of carbonyl (C=O) groups excluding carboxylic acids is 1. The van der Waals surface area contributed by atoms with Crippen molar-refractivity contribution in [2.24, 2.45) is 5.92 Å². The van der Waals surface area contributed by atoms with E-state index in [0.29, 0.717) is 30.4 Å². The molecule has 1 saturated heterocycles. The monoisotopic (exact) mass is 468 g/mol. The molecule has 0 aliphatic carbocycles. The molecule has 0 spiro atoms. The second-order valence-electron chi connectivity index (χ2n) is 8.44. The number of sulfonamides is 1. The second-order valence-corrected chi connectivity index (χ2v) is 10.2. The minimum Gasteiger partial charge on any atom is -0.337 e. The van der Waals surface area contributed by atoms with Crippen molar-refractivity contribution >= 4 is 26.7 Å². The van der Waals surface area contributed by atoms with Gasteiger partial charge in [-0.1, -0.05) is 35.9 Å². The van der Waals surface area contributed by atoms with Gasteiger partial charge in [-0.25, -0.2) is 17.8 Å². The van der Waals surface area contributed by atoms with Crippen LogP contribution in [0.25, 0.3) is 10.8 Å². The average Bonchev–Trinajstić information content (AvgIpc) is 2.83. The maximum Gasteiger partial charge on any atom is 0.274 e. The zero-order chi connectivity index (χ0) is 23.6. The van der Waals surface area contributed by atoms with Gasteiger partial charge in [0.1, 0.15) is 0 Å². The number of nitrogens with one attached hydrogen (secondary N) is 1. The third kappa shape index (κ3) is 4.84. The number of fused-ring (bicyclic) bond motifs is 1. The number of aryl methyl sites for hydroxylation is 2. The Bertz CT molecular complexity index is 1330. The largest absolute Gasteiger partial charge is 0.337 e. The molecule has 0 bridgehead atoms. The summed E-state index contributed by atoms with van der Waals surface area (Å²) in [5, 5.41) is 5.36. The van der Waals surface area contributed by atoms with Crippen LogP contribution in [0.2, 0.25) is 0 Å². The fourth-order valence-electron chi connectivity index (χ4n) is 4.20. The number of hydrogen-bond donors (Lipinski definition) is 1. The summed E-state index contributed by atoms with van der Waals surface area (Å²) in [4.78, 5) is 27.9. The fourth-order valence-corrected chi connectivity index (χ4v) is 5.32. The second kappa shape index (κ2) is 9.44. The van der Waals surface area contributed by atoms with Crippen LogP contribution in [0.15, 0.2) is 58.2 Å². The van der Waals surface area contributed by atoms with E-state index in [1.165, 1.54) is 4.68 Å². The topological polar surface area (TPSA) is 101 Å². The molecule has 2 aromatic carbocycles. The van der Waals surface area contributed by atoms with Crippen LogP contribution < -0.4 is 10.3 Å². The maximum atomic E-state index is 13.4. The van der Waals surface area contributed by atoms with Crippen molar-refractivity contribution in [2.75, 3.05) is 19.6 Å². The quantitative estimate of drug-likeness (QED) is 0.599. The summed E-state index contributed by atoms with van der Waals surface area (Å²) in [6.07, 6.45) is 1.59. The van der Waals surface area contributed by atoms with Gasteiger partial charge in [0, 0.05) is 31.6 Å². The first kappa shape index (κ1) is 23.1. The van der Waals surface area contributed by atoms with E-state index in [4.69, 9.17) is 0 Å². The summed E-state index contributed by atoms with van der Waals surface area (Å²) in [7, 11) is -3.61. The lowest BCUT2D eigenvalue weighted by Crippen LogP contribution is -2.44. The number of piperidine rings is 1. The Morgan fingerprint density at radius 1 is 1.12 bits per heavy atom. The summed E-state index contributed by atoms with van der Waals surface area (Å²) >= 11 is 0. The van der Waals surface area contributed by atoms with Crippen LogP contribution in [0.3, 0.4) is 0 Å². The van der Waals surface area contributed by atoms with E-state index in [1.54, 1.807) is 53.4 Å². The Morgan fingerprint density at radius 3 is 2.52 bits per heavy atom. The van der Waals surface area contributed by atoms with Gasteiger partial charge in [0.15, 0.2) is 5.69 Å². The molecule has 1 aliphatic rings. The Morgan fingerprint density at radius 2 is 1.82 bits per heavy atom. The van der Waals surface area contributed by atoms with Gasteiger partial charge in [0.25, 0.3) is 11.5 Å². The molecule has 1 amide bonds. The van der Waals surface area contributed by atoms with E-state index in [2.05, 4.69) is 9.82 Å². The molecule has 4 rings (SSSR count). The normalized spacial score (nSPS) is 16.8. The summed E-state index contributed by atoms with van der Waals surface area (Å²) < 4.78 is 29.3. The summed E-state index contributed by atoms with van der Waals surface area (Å²) in [6, 6.07) is 13.7. The van der Waals surface area contributed by atoms with Gasteiger partial charge < -0.3 is 4.90 Å². The number of benzene rings is 2. The Kier molecular flexibility index (Phi) is 6.62. The molecule has 33 heavy (non-hydrogen) atoms. The van der Waals surface area contributed by atoms with E-state index in [1.807, 2.05) is 13.8 Å². The molecular formula is C24H28N4O4S. The molecule has 1 N–H and O–H groups in total. The van der Waals surface area contributed by atoms with E-state index in [-0.39, 0.29) is 34.5 Å². The molecule has 174 valence electrons. The highest BCUT2D eigenvalue weighted by Gasteiger charge is 2.28. The highest BCUT2D eigenvalue weighted by molar-refractivity contribution is 7.89. The van der Waals surface area contributed by atoms with Gasteiger partial charge in [0.05, 0.1) is 10.3 Å². The first-order valence-corrected chi connectivity index (χ1v) is 12.6. The van der Waals surface area contributed by atoms with Gasteiger partial charge in [0.2, 0.25) is 10.0 Å². The van der Waals surface area contributed by atoms with Gasteiger partial charge in [-0.05, 0) is 50.8 Å². The molecule has 8 nitrogen and oxygen atoms in total. The Balaban J connectivity index is 1.51. The molecule has 0 saturated carbocycles. The predicted octanol–water partition coefficient (Wildman–Crippen LogP) is 2.56. The summed E-state index contributed by atoms with van der Waals surface area (Å²) in [5.41, 5.74) is 1.03. The van der Waals surface area contributed by atoms with E-state index in [9.17, 15) is 18.0 Å². The molecule has 1 fully saturated rings. The predicted molar refractivity (Wildman–Crippen MR) is 127 cm³/mol. The number of nitrogens with zero attached hydrogens (tertiary/aromatic N) is 3. The van der Waals surface area contributed by atoms with Gasteiger partial charge in [-0.3, -0.25) is 9.59 Å². The van der Waals surface area contributed by atoms with Gasteiger partial charge >= 0.3 is 0 Å². The molecular weight excluding hydrogens is 440 g/mol. The first-order valence-electron chi connectivity index (χ1n) is 11.2. The van der Waals surface area contributed by atoms with Crippen molar-refractivity contribution in [3.63, 3.8) is 0 Å². The van der Waals surface area contributed by atoms with Crippen LogP contribution in [0, 0.1) is 12.8 Å². The lowest BCUT2D eigenvalue weighted by atomic mass is 9.97. The number of likely N-dealkylation sites (tertiary alicyclic amines) is 1. The smallest absolute Gasteiger partial charge is 0.274 e. The van der Waals surface area contributed by atoms with Crippen LogP contribution >= 0.6 is 0 Å². The van der Waals surface area contributed by atoms with Crippen LogP contribution in [0.1, 0.15) is 35.8 Å². The maximum absolute atomic E-state index is 13.4.